The summed E-state index contributed by atoms with van der Waals surface area (Å²) in [4.78, 5) is 11.4. The Labute approximate surface area is 102 Å². The number of aryl methyl sites for hydroxylation is 2. The number of carbonyl (C=O) groups excluding carboxylic acids is 1. The molecule has 0 N–H and O–H groups in total. The lowest BCUT2D eigenvalue weighted by atomic mass is 9.94. The minimum atomic E-state index is -0.464. The molecule has 0 fully saturated rings. The number of fused-ring (bicyclic) bond motifs is 1. The van der Waals surface area contributed by atoms with Crippen LogP contribution < -0.4 is 4.74 Å². The number of hydrogen-bond donors (Lipinski definition) is 0. The number of hydrogen-bond acceptors (Lipinski definition) is 3. The van der Waals surface area contributed by atoms with Gasteiger partial charge in [0.2, 0.25) is 0 Å². The van der Waals surface area contributed by atoms with Crippen molar-refractivity contribution in [1.29, 1.82) is 0 Å². The molecule has 17 heavy (non-hydrogen) atoms. The average Bonchev–Trinajstić information content (AvgIpc) is 2.54. The smallest absolute Gasteiger partial charge is 0.309 e. The Morgan fingerprint density at radius 1 is 1.47 bits per heavy atom. The minimum absolute atomic E-state index is 0.227. The quantitative estimate of drug-likeness (QED) is 0.738. The van der Waals surface area contributed by atoms with Gasteiger partial charge in [-0.05, 0) is 31.9 Å². The van der Waals surface area contributed by atoms with Gasteiger partial charge in [-0.2, -0.15) is 0 Å². The molecule has 1 aliphatic rings. The van der Waals surface area contributed by atoms with E-state index in [1.807, 2.05) is 13.8 Å². The summed E-state index contributed by atoms with van der Waals surface area (Å²) in [6.45, 7) is 6.07. The van der Waals surface area contributed by atoms with Crippen molar-refractivity contribution in [2.75, 3.05) is 7.11 Å². The first-order valence-electron chi connectivity index (χ1n) is 5.79. The summed E-state index contributed by atoms with van der Waals surface area (Å²) in [6, 6.07) is 4.23. The topological polar surface area (TPSA) is 35.5 Å². The van der Waals surface area contributed by atoms with Gasteiger partial charge in [-0.3, -0.25) is 4.79 Å². The van der Waals surface area contributed by atoms with Crippen LogP contribution in [0.2, 0.25) is 0 Å². The Kier molecular flexibility index (Phi) is 2.86. The first-order chi connectivity index (χ1) is 7.93. The second kappa shape index (κ2) is 4.06. The normalized spacial score (nSPS) is 21.9. The Morgan fingerprint density at radius 3 is 2.82 bits per heavy atom. The SMILES string of the molecule is COC(=O)CC1(C)Cc2cc(C)cc(C)c2O1. The molecule has 1 atom stereocenters. The summed E-state index contributed by atoms with van der Waals surface area (Å²) in [5.74, 6) is 0.705. The number of esters is 1. The molecule has 0 aromatic heterocycles. The maximum atomic E-state index is 11.4. The zero-order valence-electron chi connectivity index (χ0n) is 10.8. The molecule has 0 spiro atoms. The van der Waals surface area contributed by atoms with Crippen molar-refractivity contribution in [3.63, 3.8) is 0 Å². The maximum absolute atomic E-state index is 11.4. The molecule has 1 aromatic rings. The molecule has 2 rings (SSSR count). The van der Waals surface area contributed by atoms with Gasteiger partial charge >= 0.3 is 5.97 Å². The van der Waals surface area contributed by atoms with Crippen LogP contribution in [-0.2, 0) is 16.0 Å². The monoisotopic (exact) mass is 234 g/mol. The molecule has 3 nitrogen and oxygen atoms in total. The molecule has 1 heterocycles. The fourth-order valence-electron chi connectivity index (χ4n) is 2.48. The van der Waals surface area contributed by atoms with E-state index in [2.05, 4.69) is 19.1 Å². The van der Waals surface area contributed by atoms with E-state index in [0.717, 1.165) is 17.7 Å². The van der Waals surface area contributed by atoms with E-state index in [-0.39, 0.29) is 12.4 Å². The predicted octanol–water partition coefficient (Wildman–Crippen LogP) is 2.56. The number of rotatable bonds is 2. The molecular weight excluding hydrogens is 216 g/mol. The summed E-state index contributed by atoms with van der Waals surface area (Å²) in [5, 5.41) is 0. The summed E-state index contributed by atoms with van der Waals surface area (Å²) >= 11 is 0. The highest BCUT2D eigenvalue weighted by Crippen LogP contribution is 2.39. The first-order valence-corrected chi connectivity index (χ1v) is 5.79. The highest BCUT2D eigenvalue weighted by Gasteiger charge is 2.38. The van der Waals surface area contributed by atoms with E-state index in [1.165, 1.54) is 18.2 Å². The van der Waals surface area contributed by atoms with Gasteiger partial charge in [-0.25, -0.2) is 0 Å². The standard InChI is InChI=1S/C14H18O3/c1-9-5-10(2)13-11(6-9)7-14(3,17-13)8-12(15)16-4/h5-6H,7-8H2,1-4H3. The highest BCUT2D eigenvalue weighted by molar-refractivity contribution is 5.71. The summed E-state index contributed by atoms with van der Waals surface area (Å²) < 4.78 is 10.7. The molecule has 0 saturated heterocycles. The van der Waals surface area contributed by atoms with Crippen LogP contribution in [0.5, 0.6) is 5.75 Å². The molecule has 0 radical (unpaired) electrons. The third-order valence-electron chi connectivity index (χ3n) is 3.15. The van der Waals surface area contributed by atoms with Crippen molar-refractivity contribution in [3.8, 4) is 5.75 Å². The van der Waals surface area contributed by atoms with Gasteiger partial charge in [0.25, 0.3) is 0 Å². The van der Waals surface area contributed by atoms with Crippen LogP contribution in [0, 0.1) is 13.8 Å². The van der Waals surface area contributed by atoms with Crippen molar-refractivity contribution < 1.29 is 14.3 Å². The van der Waals surface area contributed by atoms with Crippen LogP contribution in [-0.4, -0.2) is 18.7 Å². The molecular formula is C14H18O3. The molecule has 1 unspecified atom stereocenters. The second-order valence-electron chi connectivity index (χ2n) is 5.05. The van der Waals surface area contributed by atoms with Crippen LogP contribution in [0.4, 0.5) is 0 Å². The van der Waals surface area contributed by atoms with Crippen molar-refractivity contribution in [3.05, 3.63) is 28.8 Å². The Morgan fingerprint density at radius 2 is 2.18 bits per heavy atom. The van der Waals surface area contributed by atoms with Crippen LogP contribution >= 0.6 is 0 Å². The summed E-state index contributed by atoms with van der Waals surface area (Å²) in [5.41, 5.74) is 3.09. The Bertz CT molecular complexity index is 465. The lowest BCUT2D eigenvalue weighted by molar-refractivity contribution is -0.144. The zero-order valence-corrected chi connectivity index (χ0v) is 10.8. The van der Waals surface area contributed by atoms with Crippen LogP contribution in [0.15, 0.2) is 12.1 Å². The van der Waals surface area contributed by atoms with E-state index in [4.69, 9.17) is 9.47 Å². The third-order valence-corrected chi connectivity index (χ3v) is 3.15. The molecule has 92 valence electrons. The van der Waals surface area contributed by atoms with Gasteiger partial charge in [0.15, 0.2) is 0 Å². The second-order valence-corrected chi connectivity index (χ2v) is 5.05. The number of carbonyl (C=O) groups is 1. The van der Waals surface area contributed by atoms with Crippen LogP contribution in [0.25, 0.3) is 0 Å². The van der Waals surface area contributed by atoms with E-state index < -0.39 is 5.60 Å². The van der Waals surface area contributed by atoms with Crippen molar-refractivity contribution in [1.82, 2.24) is 0 Å². The lowest BCUT2D eigenvalue weighted by Gasteiger charge is -2.22. The number of ether oxygens (including phenoxy) is 2. The van der Waals surface area contributed by atoms with Gasteiger partial charge < -0.3 is 9.47 Å². The summed E-state index contributed by atoms with van der Waals surface area (Å²) in [7, 11) is 1.41. The number of benzene rings is 1. The van der Waals surface area contributed by atoms with E-state index in [9.17, 15) is 4.79 Å². The lowest BCUT2D eigenvalue weighted by Crippen LogP contribution is -2.33. The third kappa shape index (κ3) is 2.28. The van der Waals surface area contributed by atoms with E-state index in [0.29, 0.717) is 0 Å². The van der Waals surface area contributed by atoms with Gasteiger partial charge in [0.05, 0.1) is 13.5 Å². The van der Waals surface area contributed by atoms with Crippen molar-refractivity contribution in [2.45, 2.75) is 39.2 Å². The summed E-state index contributed by atoms with van der Waals surface area (Å²) in [6.07, 6.45) is 1.05. The molecule has 0 amide bonds. The molecule has 0 saturated carbocycles. The van der Waals surface area contributed by atoms with Crippen molar-refractivity contribution in [2.24, 2.45) is 0 Å². The first kappa shape index (κ1) is 12.0. The molecule has 3 heteroatoms. The van der Waals surface area contributed by atoms with Crippen molar-refractivity contribution >= 4 is 5.97 Å². The van der Waals surface area contributed by atoms with E-state index >= 15 is 0 Å². The maximum Gasteiger partial charge on any atom is 0.309 e. The fraction of sp³-hybridized carbons (Fsp3) is 0.500. The average molecular weight is 234 g/mol. The molecule has 0 bridgehead atoms. The van der Waals surface area contributed by atoms with Gasteiger partial charge in [-0.15, -0.1) is 0 Å². The highest BCUT2D eigenvalue weighted by atomic mass is 16.5. The zero-order chi connectivity index (χ0) is 12.6. The molecule has 1 aliphatic heterocycles. The van der Waals surface area contributed by atoms with Crippen LogP contribution in [0.3, 0.4) is 0 Å². The molecule has 1 aromatic carbocycles. The molecule has 0 aliphatic carbocycles. The largest absolute Gasteiger partial charge is 0.486 e. The predicted molar refractivity (Wildman–Crippen MR) is 65.3 cm³/mol. The van der Waals surface area contributed by atoms with Gasteiger partial charge in [0.1, 0.15) is 11.4 Å². The van der Waals surface area contributed by atoms with Crippen LogP contribution in [0.1, 0.15) is 30.0 Å². The van der Waals surface area contributed by atoms with E-state index in [1.54, 1.807) is 0 Å². The Balaban J connectivity index is 2.26. The minimum Gasteiger partial charge on any atom is -0.486 e. The van der Waals surface area contributed by atoms with Gasteiger partial charge in [-0.1, -0.05) is 17.7 Å². The fourth-order valence-corrected chi connectivity index (χ4v) is 2.48. The number of methoxy groups -OCH3 is 1. The van der Waals surface area contributed by atoms with Gasteiger partial charge in [0, 0.05) is 6.42 Å². The Hall–Kier alpha value is -1.51.